The van der Waals surface area contributed by atoms with Crippen LogP contribution in [0.15, 0.2) is 17.3 Å². The Morgan fingerprint density at radius 3 is 3.00 bits per heavy atom. The molecule has 13 heavy (non-hydrogen) atoms. The summed E-state index contributed by atoms with van der Waals surface area (Å²) < 4.78 is 5.05. The number of fused-ring (bicyclic) bond motifs is 1. The van der Waals surface area contributed by atoms with Crippen LogP contribution in [0.2, 0.25) is 0 Å². The highest BCUT2D eigenvalue weighted by Gasteiger charge is 2.07. The van der Waals surface area contributed by atoms with Gasteiger partial charge in [0.25, 0.3) is 0 Å². The van der Waals surface area contributed by atoms with E-state index in [1.165, 1.54) is 13.2 Å². The summed E-state index contributed by atoms with van der Waals surface area (Å²) >= 11 is 4.06. The third-order valence-electron chi connectivity index (χ3n) is 1.74. The van der Waals surface area contributed by atoms with Crippen LogP contribution < -0.4 is 4.74 Å². The Balaban J connectivity index is 2.80. The minimum Gasteiger partial charge on any atom is -0.508 e. The maximum atomic E-state index is 9.30. The lowest BCUT2D eigenvalue weighted by Gasteiger charge is -2.00. The van der Waals surface area contributed by atoms with E-state index in [2.05, 4.69) is 22.6 Å². The zero-order chi connectivity index (χ0) is 9.42. The molecule has 0 saturated carbocycles. The van der Waals surface area contributed by atoms with Crippen LogP contribution in [-0.4, -0.2) is 22.2 Å². The molecule has 0 fully saturated rings. The minimum absolute atomic E-state index is 0.140. The van der Waals surface area contributed by atoms with Crippen molar-refractivity contribution >= 4 is 23.7 Å². The fourth-order valence-corrected chi connectivity index (χ4v) is 1.43. The van der Waals surface area contributed by atoms with Gasteiger partial charge in [-0.2, -0.15) is 0 Å². The number of aromatic amines is 1. The van der Waals surface area contributed by atoms with Gasteiger partial charge in [0, 0.05) is 12.1 Å². The van der Waals surface area contributed by atoms with Crippen molar-refractivity contribution in [2.45, 2.75) is 5.16 Å². The van der Waals surface area contributed by atoms with Crippen LogP contribution in [0.1, 0.15) is 0 Å². The number of nitrogens with zero attached hydrogens (tertiary/aromatic N) is 1. The molecule has 68 valence electrons. The van der Waals surface area contributed by atoms with Crippen molar-refractivity contribution < 1.29 is 9.84 Å². The Hall–Kier alpha value is -1.36. The van der Waals surface area contributed by atoms with Crippen LogP contribution in [0, 0.1) is 0 Å². The standard InChI is InChI=1S/C8H8N2O2S/c1-12-6-3-4(11)2-5-7(6)10-8(13)9-5/h2-3,11H,1H3,(H2,9,10,13). The third kappa shape index (κ3) is 1.31. The van der Waals surface area contributed by atoms with E-state index in [1.807, 2.05) is 0 Å². The summed E-state index contributed by atoms with van der Waals surface area (Å²) in [7, 11) is 1.53. The van der Waals surface area contributed by atoms with Gasteiger partial charge in [-0.25, -0.2) is 4.98 Å². The molecule has 2 aromatic rings. The second-order valence-electron chi connectivity index (χ2n) is 2.60. The molecular formula is C8H8N2O2S. The van der Waals surface area contributed by atoms with E-state index in [9.17, 15) is 5.11 Å². The van der Waals surface area contributed by atoms with Crippen molar-refractivity contribution in [3.63, 3.8) is 0 Å². The maximum Gasteiger partial charge on any atom is 0.163 e. The van der Waals surface area contributed by atoms with E-state index >= 15 is 0 Å². The number of aromatic hydroxyl groups is 1. The van der Waals surface area contributed by atoms with E-state index in [0.29, 0.717) is 21.9 Å². The summed E-state index contributed by atoms with van der Waals surface area (Å²) in [6, 6.07) is 3.08. The predicted molar refractivity (Wildman–Crippen MR) is 51.6 cm³/mol. The topological polar surface area (TPSA) is 58.1 Å². The zero-order valence-corrected chi connectivity index (χ0v) is 7.80. The van der Waals surface area contributed by atoms with Gasteiger partial charge in [-0.3, -0.25) is 0 Å². The van der Waals surface area contributed by atoms with E-state index < -0.39 is 0 Å². The van der Waals surface area contributed by atoms with Crippen LogP contribution >= 0.6 is 12.6 Å². The van der Waals surface area contributed by atoms with Gasteiger partial charge >= 0.3 is 0 Å². The molecule has 4 nitrogen and oxygen atoms in total. The first kappa shape index (κ1) is 8.25. The van der Waals surface area contributed by atoms with Gasteiger partial charge in [-0.05, 0) is 0 Å². The van der Waals surface area contributed by atoms with E-state index in [1.54, 1.807) is 6.07 Å². The minimum atomic E-state index is 0.140. The monoisotopic (exact) mass is 196 g/mol. The largest absolute Gasteiger partial charge is 0.508 e. The number of phenolic OH excluding ortho intramolecular Hbond substituents is 1. The highest BCUT2D eigenvalue weighted by Crippen LogP contribution is 2.29. The fourth-order valence-electron chi connectivity index (χ4n) is 1.21. The van der Waals surface area contributed by atoms with Crippen molar-refractivity contribution in [3.8, 4) is 11.5 Å². The summed E-state index contributed by atoms with van der Waals surface area (Å²) in [5.74, 6) is 0.674. The highest BCUT2D eigenvalue weighted by atomic mass is 32.1. The quantitative estimate of drug-likeness (QED) is 0.607. The van der Waals surface area contributed by atoms with Gasteiger partial charge in [0.05, 0.1) is 12.6 Å². The lowest BCUT2D eigenvalue weighted by molar-refractivity contribution is 0.412. The molecule has 0 unspecified atom stereocenters. The summed E-state index contributed by atoms with van der Waals surface area (Å²) in [6.07, 6.45) is 0. The molecule has 1 aromatic heterocycles. The number of thiol groups is 1. The summed E-state index contributed by atoms with van der Waals surface area (Å²) in [5.41, 5.74) is 1.38. The van der Waals surface area contributed by atoms with Crippen molar-refractivity contribution in [1.82, 2.24) is 9.97 Å². The number of H-pyrrole nitrogens is 1. The first-order valence-electron chi connectivity index (χ1n) is 3.66. The predicted octanol–water partition coefficient (Wildman–Crippen LogP) is 1.57. The summed E-state index contributed by atoms with van der Waals surface area (Å²) in [4.78, 5) is 6.98. The molecule has 2 rings (SSSR count). The average molecular weight is 196 g/mol. The van der Waals surface area contributed by atoms with Crippen LogP contribution in [-0.2, 0) is 0 Å². The molecule has 0 bridgehead atoms. The Labute approximate surface area is 80.0 Å². The Bertz CT molecular complexity index is 453. The van der Waals surface area contributed by atoms with Gasteiger partial charge in [0.15, 0.2) is 5.16 Å². The van der Waals surface area contributed by atoms with Gasteiger partial charge in [-0.15, -0.1) is 12.6 Å². The number of methoxy groups -OCH3 is 1. The van der Waals surface area contributed by atoms with Crippen molar-refractivity contribution in [2.24, 2.45) is 0 Å². The molecule has 2 N–H and O–H groups in total. The lowest BCUT2D eigenvalue weighted by Crippen LogP contribution is -1.83. The Morgan fingerprint density at radius 2 is 2.31 bits per heavy atom. The van der Waals surface area contributed by atoms with Crippen molar-refractivity contribution in [3.05, 3.63) is 12.1 Å². The number of imidazole rings is 1. The highest BCUT2D eigenvalue weighted by molar-refractivity contribution is 7.80. The lowest BCUT2D eigenvalue weighted by atomic mass is 10.3. The number of hydrogen-bond acceptors (Lipinski definition) is 4. The molecular weight excluding hydrogens is 188 g/mol. The molecule has 0 atom stereocenters. The van der Waals surface area contributed by atoms with Gasteiger partial charge in [0.1, 0.15) is 17.0 Å². The molecule has 0 spiro atoms. The van der Waals surface area contributed by atoms with Crippen LogP contribution in [0.3, 0.4) is 0 Å². The van der Waals surface area contributed by atoms with Gasteiger partial charge in [-0.1, -0.05) is 0 Å². The number of benzene rings is 1. The molecule has 0 amide bonds. The molecule has 0 radical (unpaired) electrons. The molecule has 1 aromatic carbocycles. The third-order valence-corrected chi connectivity index (χ3v) is 1.96. The Kier molecular flexibility index (Phi) is 1.81. The number of hydrogen-bond donors (Lipinski definition) is 3. The van der Waals surface area contributed by atoms with Crippen molar-refractivity contribution in [2.75, 3.05) is 7.11 Å². The number of phenols is 1. The molecule has 5 heteroatoms. The maximum absolute atomic E-state index is 9.30. The number of rotatable bonds is 1. The zero-order valence-electron chi connectivity index (χ0n) is 6.90. The first-order valence-corrected chi connectivity index (χ1v) is 4.11. The number of nitrogens with one attached hydrogen (secondary N) is 1. The molecule has 0 aliphatic carbocycles. The van der Waals surface area contributed by atoms with Crippen molar-refractivity contribution in [1.29, 1.82) is 0 Å². The van der Waals surface area contributed by atoms with Crippen LogP contribution in [0.4, 0.5) is 0 Å². The van der Waals surface area contributed by atoms with E-state index in [-0.39, 0.29) is 5.75 Å². The van der Waals surface area contributed by atoms with E-state index in [0.717, 1.165) is 0 Å². The normalized spacial score (nSPS) is 10.6. The molecule has 1 heterocycles. The first-order chi connectivity index (χ1) is 6.20. The number of aromatic nitrogens is 2. The SMILES string of the molecule is COc1cc(O)cc2[nH]c(S)nc12. The van der Waals surface area contributed by atoms with Gasteiger partial charge in [0.2, 0.25) is 0 Å². The molecule has 0 aliphatic heterocycles. The molecule has 0 saturated heterocycles. The second-order valence-corrected chi connectivity index (χ2v) is 3.03. The second kappa shape index (κ2) is 2.85. The Morgan fingerprint density at radius 1 is 1.54 bits per heavy atom. The fraction of sp³-hybridized carbons (Fsp3) is 0.125. The van der Waals surface area contributed by atoms with Crippen LogP contribution in [0.5, 0.6) is 11.5 Å². The average Bonchev–Trinajstić information content (AvgIpc) is 2.43. The van der Waals surface area contributed by atoms with Crippen LogP contribution in [0.25, 0.3) is 11.0 Å². The molecule has 0 aliphatic rings. The summed E-state index contributed by atoms with van der Waals surface area (Å²) in [5, 5.41) is 9.80. The van der Waals surface area contributed by atoms with E-state index in [4.69, 9.17) is 4.74 Å². The summed E-state index contributed by atoms with van der Waals surface area (Å²) in [6.45, 7) is 0. The number of ether oxygens (including phenoxy) is 1. The smallest absolute Gasteiger partial charge is 0.163 e. The van der Waals surface area contributed by atoms with Gasteiger partial charge < -0.3 is 14.8 Å².